The normalized spacial score (nSPS) is 11.8. The molecule has 1 rings (SSSR count). The summed E-state index contributed by atoms with van der Waals surface area (Å²) in [7, 11) is 0. The Bertz CT molecular complexity index is 364. The third-order valence-electron chi connectivity index (χ3n) is 3.29. The first-order valence-electron chi connectivity index (χ1n) is 7.33. The van der Waals surface area contributed by atoms with Crippen molar-refractivity contribution in [3.8, 4) is 0 Å². The standard InChI is InChI=1S/C15H29N3/c1-7-14-13(9-10-16-11(3)4)15(8-2)18(17-14)12(5)6/h11-12,16H,7-10H2,1-6H3. The summed E-state index contributed by atoms with van der Waals surface area (Å²) in [4.78, 5) is 0. The van der Waals surface area contributed by atoms with Gasteiger partial charge in [0.25, 0.3) is 0 Å². The van der Waals surface area contributed by atoms with Gasteiger partial charge in [0.2, 0.25) is 0 Å². The zero-order valence-electron chi connectivity index (χ0n) is 12.9. The first-order valence-corrected chi connectivity index (χ1v) is 7.33. The van der Waals surface area contributed by atoms with Gasteiger partial charge in [0.1, 0.15) is 0 Å². The molecular formula is C15H29N3. The van der Waals surface area contributed by atoms with Crippen molar-refractivity contribution >= 4 is 0 Å². The second-order valence-electron chi connectivity index (χ2n) is 5.48. The molecule has 0 atom stereocenters. The van der Waals surface area contributed by atoms with Crippen molar-refractivity contribution < 1.29 is 0 Å². The third kappa shape index (κ3) is 3.58. The van der Waals surface area contributed by atoms with Gasteiger partial charge in [-0.2, -0.15) is 5.10 Å². The van der Waals surface area contributed by atoms with Gasteiger partial charge in [-0.25, -0.2) is 0 Å². The van der Waals surface area contributed by atoms with Crippen LogP contribution in [0.3, 0.4) is 0 Å². The molecule has 0 aliphatic heterocycles. The lowest BCUT2D eigenvalue weighted by atomic mass is 10.1. The fraction of sp³-hybridized carbons (Fsp3) is 0.800. The number of nitrogens with one attached hydrogen (secondary N) is 1. The van der Waals surface area contributed by atoms with E-state index in [2.05, 4.69) is 51.5 Å². The smallest absolute Gasteiger partial charge is 0.0657 e. The third-order valence-corrected chi connectivity index (χ3v) is 3.29. The predicted molar refractivity (Wildman–Crippen MR) is 78.2 cm³/mol. The first kappa shape index (κ1) is 15.2. The van der Waals surface area contributed by atoms with Crippen LogP contribution in [-0.4, -0.2) is 22.4 Å². The fourth-order valence-electron chi connectivity index (χ4n) is 2.42. The topological polar surface area (TPSA) is 29.9 Å². The van der Waals surface area contributed by atoms with Gasteiger partial charge in [-0.15, -0.1) is 0 Å². The Balaban J connectivity index is 2.92. The summed E-state index contributed by atoms with van der Waals surface area (Å²) < 4.78 is 2.21. The minimum Gasteiger partial charge on any atom is -0.314 e. The second kappa shape index (κ2) is 6.93. The van der Waals surface area contributed by atoms with Crippen molar-refractivity contribution in [3.05, 3.63) is 17.0 Å². The van der Waals surface area contributed by atoms with E-state index in [1.165, 1.54) is 17.0 Å². The molecule has 0 spiro atoms. The molecule has 18 heavy (non-hydrogen) atoms. The predicted octanol–water partition coefficient (Wildman–Crippen LogP) is 3.13. The SMILES string of the molecule is CCc1nn(C(C)C)c(CC)c1CCNC(C)C. The lowest BCUT2D eigenvalue weighted by Crippen LogP contribution is -2.25. The van der Waals surface area contributed by atoms with E-state index in [1.54, 1.807) is 0 Å². The number of aromatic nitrogens is 2. The molecule has 1 aromatic rings. The van der Waals surface area contributed by atoms with Crippen LogP contribution in [-0.2, 0) is 19.3 Å². The zero-order chi connectivity index (χ0) is 13.7. The number of aryl methyl sites for hydroxylation is 1. The minimum absolute atomic E-state index is 0.456. The van der Waals surface area contributed by atoms with Crippen LogP contribution in [0.5, 0.6) is 0 Å². The molecule has 1 N–H and O–H groups in total. The van der Waals surface area contributed by atoms with Gasteiger partial charge in [0.05, 0.1) is 5.69 Å². The molecule has 0 aliphatic rings. The lowest BCUT2D eigenvalue weighted by molar-refractivity contribution is 0.506. The number of hydrogen-bond acceptors (Lipinski definition) is 2. The van der Waals surface area contributed by atoms with Gasteiger partial charge in [-0.1, -0.05) is 27.7 Å². The van der Waals surface area contributed by atoms with E-state index in [1.807, 2.05) is 0 Å². The van der Waals surface area contributed by atoms with Crippen LogP contribution in [0.25, 0.3) is 0 Å². The molecule has 0 aliphatic carbocycles. The average molecular weight is 251 g/mol. The van der Waals surface area contributed by atoms with Crippen molar-refractivity contribution in [2.75, 3.05) is 6.54 Å². The molecule has 0 fully saturated rings. The summed E-state index contributed by atoms with van der Waals surface area (Å²) in [5, 5.41) is 8.28. The highest BCUT2D eigenvalue weighted by Gasteiger charge is 2.16. The molecule has 104 valence electrons. The molecular weight excluding hydrogens is 222 g/mol. The largest absolute Gasteiger partial charge is 0.314 e. The number of rotatable bonds is 7. The van der Waals surface area contributed by atoms with E-state index in [4.69, 9.17) is 5.10 Å². The summed E-state index contributed by atoms with van der Waals surface area (Å²) in [5.74, 6) is 0. The van der Waals surface area contributed by atoms with Crippen LogP contribution in [0.4, 0.5) is 0 Å². The van der Waals surface area contributed by atoms with E-state index in [0.29, 0.717) is 12.1 Å². The molecule has 1 heterocycles. The molecule has 3 nitrogen and oxygen atoms in total. The molecule has 0 bridgehead atoms. The van der Waals surface area contributed by atoms with E-state index >= 15 is 0 Å². The average Bonchev–Trinajstić information content (AvgIpc) is 2.66. The highest BCUT2D eigenvalue weighted by molar-refractivity contribution is 5.27. The molecule has 3 heteroatoms. The van der Waals surface area contributed by atoms with E-state index in [-0.39, 0.29) is 0 Å². The minimum atomic E-state index is 0.456. The van der Waals surface area contributed by atoms with Crippen LogP contribution >= 0.6 is 0 Å². The van der Waals surface area contributed by atoms with Gasteiger partial charge in [0.15, 0.2) is 0 Å². The quantitative estimate of drug-likeness (QED) is 0.807. The van der Waals surface area contributed by atoms with E-state index < -0.39 is 0 Å². The van der Waals surface area contributed by atoms with Gasteiger partial charge in [-0.3, -0.25) is 4.68 Å². The Hall–Kier alpha value is -0.830. The van der Waals surface area contributed by atoms with Gasteiger partial charge >= 0.3 is 0 Å². The van der Waals surface area contributed by atoms with E-state index in [0.717, 1.165) is 25.8 Å². The van der Waals surface area contributed by atoms with Crippen molar-refractivity contribution in [1.82, 2.24) is 15.1 Å². The number of hydrogen-bond donors (Lipinski definition) is 1. The second-order valence-corrected chi connectivity index (χ2v) is 5.48. The summed E-state index contributed by atoms with van der Waals surface area (Å²) in [5.41, 5.74) is 4.18. The van der Waals surface area contributed by atoms with Gasteiger partial charge < -0.3 is 5.32 Å². The fourth-order valence-corrected chi connectivity index (χ4v) is 2.42. The van der Waals surface area contributed by atoms with Crippen LogP contribution < -0.4 is 5.32 Å². The summed E-state index contributed by atoms with van der Waals surface area (Å²) in [6, 6.07) is 1.01. The maximum Gasteiger partial charge on any atom is 0.0657 e. The molecule has 0 radical (unpaired) electrons. The Morgan fingerprint density at radius 3 is 2.22 bits per heavy atom. The summed E-state index contributed by atoms with van der Waals surface area (Å²) >= 11 is 0. The van der Waals surface area contributed by atoms with Crippen molar-refractivity contribution in [1.29, 1.82) is 0 Å². The Morgan fingerprint density at radius 2 is 1.78 bits per heavy atom. The monoisotopic (exact) mass is 251 g/mol. The van der Waals surface area contributed by atoms with Crippen LogP contribution in [0.15, 0.2) is 0 Å². The van der Waals surface area contributed by atoms with Gasteiger partial charge in [-0.05, 0) is 45.2 Å². The molecule has 1 aromatic heterocycles. The maximum absolute atomic E-state index is 4.79. The summed E-state index contributed by atoms with van der Waals surface area (Å²) in [6.45, 7) is 14.3. The van der Waals surface area contributed by atoms with Crippen molar-refractivity contribution in [2.45, 2.75) is 72.9 Å². The first-order chi connectivity index (χ1) is 8.51. The molecule has 0 saturated heterocycles. The molecule has 0 unspecified atom stereocenters. The van der Waals surface area contributed by atoms with Crippen LogP contribution in [0.1, 0.15) is 64.5 Å². The molecule has 0 saturated carbocycles. The molecule has 0 aromatic carbocycles. The summed E-state index contributed by atoms with van der Waals surface area (Å²) in [6.07, 6.45) is 3.20. The van der Waals surface area contributed by atoms with Crippen LogP contribution in [0, 0.1) is 0 Å². The zero-order valence-corrected chi connectivity index (χ0v) is 12.9. The molecule has 0 amide bonds. The Kier molecular flexibility index (Phi) is 5.86. The Morgan fingerprint density at radius 1 is 1.11 bits per heavy atom. The van der Waals surface area contributed by atoms with Crippen molar-refractivity contribution in [3.63, 3.8) is 0 Å². The lowest BCUT2D eigenvalue weighted by Gasteiger charge is -2.12. The Labute approximate surface area is 112 Å². The highest BCUT2D eigenvalue weighted by Crippen LogP contribution is 2.20. The maximum atomic E-state index is 4.79. The van der Waals surface area contributed by atoms with Crippen molar-refractivity contribution in [2.24, 2.45) is 0 Å². The highest BCUT2D eigenvalue weighted by atomic mass is 15.3. The van der Waals surface area contributed by atoms with Crippen LogP contribution in [0.2, 0.25) is 0 Å². The van der Waals surface area contributed by atoms with E-state index in [9.17, 15) is 0 Å². The van der Waals surface area contributed by atoms with Gasteiger partial charge in [0, 0.05) is 17.8 Å². The number of nitrogens with zero attached hydrogens (tertiary/aromatic N) is 2.